The van der Waals surface area contributed by atoms with Crippen LogP contribution in [0.15, 0.2) is 34.3 Å². The number of benzene rings is 1. The third-order valence-corrected chi connectivity index (χ3v) is 5.88. The molecule has 0 saturated carbocycles. The van der Waals surface area contributed by atoms with E-state index >= 15 is 0 Å². The van der Waals surface area contributed by atoms with Crippen molar-refractivity contribution in [1.82, 2.24) is 9.97 Å². The number of nitrogens with zero attached hydrogens (tertiary/aromatic N) is 3. The first-order chi connectivity index (χ1) is 12.2. The van der Waals surface area contributed by atoms with Crippen LogP contribution < -0.4 is 16.4 Å². The molecule has 0 bridgehead atoms. The highest BCUT2D eigenvalue weighted by Gasteiger charge is 2.27. The van der Waals surface area contributed by atoms with Gasteiger partial charge in [-0.05, 0) is 38.0 Å². The normalized spacial score (nSPS) is 16.5. The Balaban J connectivity index is 1.75. The first-order valence-corrected chi connectivity index (χ1v) is 9.32. The molecule has 0 amide bonds. The van der Waals surface area contributed by atoms with Gasteiger partial charge in [0.05, 0.1) is 16.8 Å². The van der Waals surface area contributed by atoms with E-state index in [1.54, 1.807) is 12.3 Å². The summed E-state index contributed by atoms with van der Waals surface area (Å²) in [5.74, 6) is 0.0175. The number of piperidine rings is 1. The molecule has 1 saturated heterocycles. The predicted octanol–water partition coefficient (Wildman–Crippen LogP) is 2.88. The number of aromatic nitrogens is 2. The zero-order valence-electron chi connectivity index (χ0n) is 14.3. The number of carbonyl (C=O) groups is 1. The van der Waals surface area contributed by atoms with Gasteiger partial charge in [-0.2, -0.15) is 0 Å². The number of aromatic carboxylic acids is 1. The van der Waals surface area contributed by atoms with Gasteiger partial charge in [0.1, 0.15) is 10.8 Å². The molecule has 5 N–H and O–H groups in total. The quantitative estimate of drug-likeness (QED) is 0.725. The Labute approximate surface area is 160 Å². The molecule has 0 radical (unpaired) electrons. The summed E-state index contributed by atoms with van der Waals surface area (Å²) < 4.78 is 0. The molecular formula is C17H20ClN5O2S. The Morgan fingerprint density at radius 1 is 1.38 bits per heavy atom. The molecule has 1 aromatic carbocycles. The number of halogens is 1. The van der Waals surface area contributed by atoms with Crippen LogP contribution >= 0.6 is 23.4 Å². The number of nitrogen functional groups attached to an aromatic ring is 1. The lowest BCUT2D eigenvalue weighted by molar-refractivity contribution is 0.0697. The molecule has 1 aromatic heterocycles. The molecule has 2 heterocycles. The number of hydrogen-bond acceptors (Lipinski definition) is 7. The highest BCUT2D eigenvalue weighted by molar-refractivity contribution is 7.99. The summed E-state index contributed by atoms with van der Waals surface area (Å²) in [6, 6.07) is 4.53. The minimum atomic E-state index is -1.03. The van der Waals surface area contributed by atoms with Crippen LogP contribution in [0.4, 0.5) is 11.6 Å². The smallest absolute Gasteiger partial charge is 0.335 e. The van der Waals surface area contributed by atoms with E-state index in [0.29, 0.717) is 20.8 Å². The van der Waals surface area contributed by atoms with Gasteiger partial charge in [-0.15, -0.1) is 0 Å². The second kappa shape index (κ2) is 7.30. The number of carboxylic acid groups (broad SMARTS) is 1. The van der Waals surface area contributed by atoms with Crippen LogP contribution in [0.5, 0.6) is 0 Å². The molecule has 1 aliphatic heterocycles. The van der Waals surface area contributed by atoms with Gasteiger partial charge in [-0.3, -0.25) is 0 Å². The zero-order valence-corrected chi connectivity index (χ0v) is 15.8. The monoisotopic (exact) mass is 393 g/mol. The standard InChI is InChI=1S/C17H20ClN5O2S/c1-17(20)4-6-23(7-5-17)13-9-21-15(14(19)22-13)26-12-3-2-10(16(24)25)8-11(12)18/h2-3,8-9H,4-7,20H2,1H3,(H2,19,22)(H,24,25). The van der Waals surface area contributed by atoms with E-state index in [-0.39, 0.29) is 11.1 Å². The molecule has 0 spiro atoms. The van der Waals surface area contributed by atoms with Crippen LogP contribution in [0.2, 0.25) is 5.02 Å². The molecule has 1 aliphatic rings. The lowest BCUT2D eigenvalue weighted by atomic mass is 9.91. The summed E-state index contributed by atoms with van der Waals surface area (Å²) in [6.07, 6.45) is 3.46. The summed E-state index contributed by atoms with van der Waals surface area (Å²) in [5.41, 5.74) is 12.2. The van der Waals surface area contributed by atoms with Gasteiger partial charge in [0, 0.05) is 23.5 Å². The van der Waals surface area contributed by atoms with Crippen molar-refractivity contribution < 1.29 is 9.90 Å². The number of nitrogens with two attached hydrogens (primary N) is 2. The molecule has 26 heavy (non-hydrogen) atoms. The van der Waals surface area contributed by atoms with Crippen LogP contribution in [-0.2, 0) is 0 Å². The fourth-order valence-corrected chi connectivity index (χ4v) is 3.73. The largest absolute Gasteiger partial charge is 0.478 e. The molecule has 2 aromatic rings. The summed E-state index contributed by atoms with van der Waals surface area (Å²) >= 11 is 7.42. The molecule has 7 nitrogen and oxygen atoms in total. The van der Waals surface area contributed by atoms with Gasteiger partial charge >= 0.3 is 5.97 Å². The first kappa shape index (κ1) is 18.8. The van der Waals surface area contributed by atoms with Crippen LogP contribution in [0.25, 0.3) is 0 Å². The maximum atomic E-state index is 11.0. The van der Waals surface area contributed by atoms with E-state index in [2.05, 4.69) is 21.8 Å². The van der Waals surface area contributed by atoms with E-state index in [0.717, 1.165) is 31.7 Å². The number of rotatable bonds is 4. The Hall–Kier alpha value is -2.03. The summed E-state index contributed by atoms with van der Waals surface area (Å²) in [7, 11) is 0. The van der Waals surface area contributed by atoms with Crippen molar-refractivity contribution in [2.75, 3.05) is 23.7 Å². The van der Waals surface area contributed by atoms with Crippen LogP contribution in [-0.4, -0.2) is 39.7 Å². The SMILES string of the molecule is CC1(N)CCN(c2cnc(Sc3ccc(C(=O)O)cc3Cl)c(N)n2)CC1. The summed E-state index contributed by atoms with van der Waals surface area (Å²) in [5, 5.41) is 9.86. The van der Waals surface area contributed by atoms with Crippen LogP contribution in [0, 0.1) is 0 Å². The fourth-order valence-electron chi connectivity index (χ4n) is 2.68. The van der Waals surface area contributed by atoms with Gasteiger partial charge in [0.15, 0.2) is 5.82 Å². The van der Waals surface area contributed by atoms with Gasteiger partial charge < -0.3 is 21.5 Å². The third kappa shape index (κ3) is 4.20. The average Bonchev–Trinajstić information content (AvgIpc) is 2.58. The molecule has 9 heteroatoms. The van der Waals surface area contributed by atoms with Gasteiger partial charge in [0.25, 0.3) is 0 Å². The van der Waals surface area contributed by atoms with Gasteiger partial charge in [-0.1, -0.05) is 23.4 Å². The van der Waals surface area contributed by atoms with E-state index in [1.807, 2.05) is 0 Å². The highest BCUT2D eigenvalue weighted by Crippen LogP contribution is 2.35. The van der Waals surface area contributed by atoms with Crippen molar-refractivity contribution in [1.29, 1.82) is 0 Å². The van der Waals surface area contributed by atoms with Gasteiger partial charge in [-0.25, -0.2) is 14.8 Å². The maximum Gasteiger partial charge on any atom is 0.335 e. The lowest BCUT2D eigenvalue weighted by Crippen LogP contribution is -2.48. The van der Waals surface area contributed by atoms with Crippen molar-refractivity contribution in [2.45, 2.75) is 35.2 Å². The second-order valence-corrected chi connectivity index (χ2v) is 8.05. The van der Waals surface area contributed by atoms with Gasteiger partial charge in [0.2, 0.25) is 0 Å². The van der Waals surface area contributed by atoms with Crippen molar-refractivity contribution in [3.05, 3.63) is 35.0 Å². The first-order valence-electron chi connectivity index (χ1n) is 8.12. The topological polar surface area (TPSA) is 118 Å². The zero-order chi connectivity index (χ0) is 18.9. The van der Waals surface area contributed by atoms with E-state index < -0.39 is 5.97 Å². The second-order valence-electron chi connectivity index (χ2n) is 6.61. The highest BCUT2D eigenvalue weighted by atomic mass is 35.5. The maximum absolute atomic E-state index is 11.0. The van der Waals surface area contributed by atoms with E-state index in [9.17, 15) is 4.79 Å². The number of hydrogen-bond donors (Lipinski definition) is 3. The molecule has 0 atom stereocenters. The van der Waals surface area contributed by atoms with Crippen LogP contribution in [0.3, 0.4) is 0 Å². The fraction of sp³-hybridized carbons (Fsp3) is 0.353. The number of carboxylic acids is 1. The van der Waals surface area contributed by atoms with E-state index in [4.69, 9.17) is 28.2 Å². The van der Waals surface area contributed by atoms with Crippen molar-refractivity contribution >= 4 is 41.0 Å². The molecular weight excluding hydrogens is 374 g/mol. The Bertz CT molecular complexity index is 836. The molecule has 138 valence electrons. The molecule has 0 unspecified atom stereocenters. The predicted molar refractivity (Wildman–Crippen MR) is 103 cm³/mol. The molecule has 1 fully saturated rings. The summed E-state index contributed by atoms with van der Waals surface area (Å²) in [4.78, 5) is 22.6. The molecule has 0 aliphatic carbocycles. The Kier molecular flexibility index (Phi) is 5.27. The third-order valence-electron chi connectivity index (χ3n) is 4.37. The van der Waals surface area contributed by atoms with Crippen molar-refractivity contribution in [2.24, 2.45) is 5.73 Å². The van der Waals surface area contributed by atoms with Crippen molar-refractivity contribution in [3.63, 3.8) is 0 Å². The summed E-state index contributed by atoms with van der Waals surface area (Å²) in [6.45, 7) is 3.69. The average molecular weight is 394 g/mol. The Morgan fingerprint density at radius 2 is 2.08 bits per heavy atom. The lowest BCUT2D eigenvalue weighted by Gasteiger charge is -2.37. The minimum Gasteiger partial charge on any atom is -0.478 e. The molecule has 3 rings (SSSR count). The minimum absolute atomic E-state index is 0.130. The van der Waals surface area contributed by atoms with E-state index in [1.165, 1.54) is 23.9 Å². The van der Waals surface area contributed by atoms with Crippen LogP contribution in [0.1, 0.15) is 30.1 Å². The Morgan fingerprint density at radius 3 is 2.65 bits per heavy atom. The number of anilines is 2. The van der Waals surface area contributed by atoms with Crippen molar-refractivity contribution in [3.8, 4) is 0 Å².